The van der Waals surface area contributed by atoms with Crippen molar-refractivity contribution in [2.45, 2.75) is 54.4 Å². The van der Waals surface area contributed by atoms with Crippen LogP contribution in [0.25, 0.3) is 0 Å². The third-order valence-corrected chi connectivity index (χ3v) is 3.86. The SMILES string of the molecule is C/C=C\C1=C(C)C(C)(C)CCC1(C)C. The summed E-state index contributed by atoms with van der Waals surface area (Å²) in [5, 5.41) is 0. The molecular formula is C14H24. The van der Waals surface area contributed by atoms with E-state index < -0.39 is 0 Å². The maximum Gasteiger partial charge on any atom is -0.0104 e. The third kappa shape index (κ3) is 1.94. The van der Waals surface area contributed by atoms with E-state index in [1.807, 2.05) is 0 Å². The first-order valence-corrected chi connectivity index (χ1v) is 5.66. The van der Waals surface area contributed by atoms with Gasteiger partial charge in [-0.3, -0.25) is 0 Å². The highest BCUT2D eigenvalue weighted by Gasteiger charge is 2.35. The molecule has 0 heterocycles. The summed E-state index contributed by atoms with van der Waals surface area (Å²) in [5.41, 5.74) is 3.89. The monoisotopic (exact) mass is 192 g/mol. The summed E-state index contributed by atoms with van der Waals surface area (Å²) in [4.78, 5) is 0. The molecule has 14 heavy (non-hydrogen) atoms. The molecule has 0 unspecified atom stereocenters. The summed E-state index contributed by atoms with van der Waals surface area (Å²) in [6.45, 7) is 13.9. The van der Waals surface area contributed by atoms with Crippen LogP contribution < -0.4 is 0 Å². The van der Waals surface area contributed by atoms with Crippen LogP contribution in [0.1, 0.15) is 54.4 Å². The second-order valence-corrected chi connectivity index (χ2v) is 5.81. The molecule has 1 aliphatic carbocycles. The molecule has 0 aromatic rings. The first-order valence-electron chi connectivity index (χ1n) is 5.66. The van der Waals surface area contributed by atoms with Crippen molar-refractivity contribution in [3.8, 4) is 0 Å². The lowest BCUT2D eigenvalue weighted by atomic mass is 9.63. The van der Waals surface area contributed by atoms with E-state index in [2.05, 4.69) is 53.7 Å². The largest absolute Gasteiger partial charge is 0.0874 e. The van der Waals surface area contributed by atoms with Crippen molar-refractivity contribution >= 4 is 0 Å². The minimum atomic E-state index is 0.367. The van der Waals surface area contributed by atoms with Gasteiger partial charge in [-0.05, 0) is 43.1 Å². The van der Waals surface area contributed by atoms with Gasteiger partial charge < -0.3 is 0 Å². The lowest BCUT2D eigenvalue weighted by molar-refractivity contribution is 0.267. The van der Waals surface area contributed by atoms with Crippen LogP contribution >= 0.6 is 0 Å². The van der Waals surface area contributed by atoms with Crippen LogP contribution in [0.3, 0.4) is 0 Å². The van der Waals surface area contributed by atoms with E-state index in [0.29, 0.717) is 10.8 Å². The van der Waals surface area contributed by atoms with E-state index in [9.17, 15) is 0 Å². The lowest BCUT2D eigenvalue weighted by Gasteiger charge is -2.42. The maximum atomic E-state index is 2.36. The molecule has 0 heteroatoms. The molecule has 0 aromatic carbocycles. The minimum Gasteiger partial charge on any atom is -0.0874 e. The zero-order valence-corrected chi connectivity index (χ0v) is 10.6. The molecule has 80 valence electrons. The molecule has 0 amide bonds. The number of allylic oxidation sites excluding steroid dienone is 4. The van der Waals surface area contributed by atoms with Gasteiger partial charge in [-0.25, -0.2) is 0 Å². The summed E-state index contributed by atoms with van der Waals surface area (Å²) >= 11 is 0. The van der Waals surface area contributed by atoms with Crippen molar-refractivity contribution in [2.24, 2.45) is 10.8 Å². The molecule has 0 atom stereocenters. The fourth-order valence-corrected chi connectivity index (χ4v) is 2.34. The molecule has 0 spiro atoms. The van der Waals surface area contributed by atoms with Gasteiger partial charge in [0.1, 0.15) is 0 Å². The van der Waals surface area contributed by atoms with Crippen molar-refractivity contribution in [3.05, 3.63) is 23.3 Å². The maximum absolute atomic E-state index is 2.36. The zero-order valence-electron chi connectivity index (χ0n) is 10.6. The Morgan fingerprint density at radius 2 is 1.50 bits per heavy atom. The average molecular weight is 192 g/mol. The molecule has 1 rings (SSSR count). The summed E-state index contributed by atoms with van der Waals surface area (Å²) in [7, 11) is 0. The Bertz CT molecular complexity index is 274. The summed E-state index contributed by atoms with van der Waals surface area (Å²) in [6, 6.07) is 0. The highest BCUT2D eigenvalue weighted by molar-refractivity contribution is 5.35. The molecule has 0 bridgehead atoms. The fourth-order valence-electron chi connectivity index (χ4n) is 2.34. The van der Waals surface area contributed by atoms with Gasteiger partial charge in [-0.2, -0.15) is 0 Å². The molecule has 0 fully saturated rings. The van der Waals surface area contributed by atoms with Crippen LogP contribution in [-0.4, -0.2) is 0 Å². The van der Waals surface area contributed by atoms with Crippen LogP contribution in [0.15, 0.2) is 23.3 Å². The Labute approximate surface area is 89.1 Å². The Kier molecular flexibility index (Phi) is 2.94. The zero-order chi connectivity index (χ0) is 11.0. The highest BCUT2D eigenvalue weighted by Crippen LogP contribution is 2.48. The van der Waals surface area contributed by atoms with Crippen molar-refractivity contribution in [3.63, 3.8) is 0 Å². The lowest BCUT2D eigenvalue weighted by Crippen LogP contribution is -2.29. The first-order chi connectivity index (χ1) is 6.31. The van der Waals surface area contributed by atoms with Gasteiger partial charge in [0.25, 0.3) is 0 Å². The normalized spacial score (nSPS) is 25.9. The Balaban J connectivity index is 3.23. The Morgan fingerprint density at radius 3 is 2.00 bits per heavy atom. The molecule has 0 saturated heterocycles. The molecule has 0 radical (unpaired) electrons. The molecule has 0 N–H and O–H groups in total. The van der Waals surface area contributed by atoms with Gasteiger partial charge in [0.15, 0.2) is 0 Å². The van der Waals surface area contributed by atoms with Crippen LogP contribution in [0.2, 0.25) is 0 Å². The fraction of sp³-hybridized carbons (Fsp3) is 0.714. The van der Waals surface area contributed by atoms with Crippen molar-refractivity contribution in [1.29, 1.82) is 0 Å². The second-order valence-electron chi connectivity index (χ2n) is 5.81. The van der Waals surface area contributed by atoms with Gasteiger partial charge in [0, 0.05) is 0 Å². The standard InChI is InChI=1S/C14H24/c1-7-8-12-11(2)13(3,4)9-10-14(12,5)6/h7-8H,9-10H2,1-6H3/b8-7-. The quantitative estimate of drug-likeness (QED) is 0.563. The summed E-state index contributed by atoms with van der Waals surface area (Å²) in [5.74, 6) is 0. The number of hydrogen-bond donors (Lipinski definition) is 0. The summed E-state index contributed by atoms with van der Waals surface area (Å²) in [6.07, 6.45) is 7.09. The van der Waals surface area contributed by atoms with E-state index in [1.54, 1.807) is 11.1 Å². The summed E-state index contributed by atoms with van der Waals surface area (Å²) < 4.78 is 0. The van der Waals surface area contributed by atoms with Gasteiger partial charge in [0.05, 0.1) is 0 Å². The van der Waals surface area contributed by atoms with Crippen molar-refractivity contribution < 1.29 is 0 Å². The predicted octanol–water partition coefficient (Wildman–Crippen LogP) is 4.73. The molecule has 1 aliphatic rings. The molecule has 0 aromatic heterocycles. The highest BCUT2D eigenvalue weighted by atomic mass is 14.4. The van der Waals surface area contributed by atoms with E-state index >= 15 is 0 Å². The predicted molar refractivity (Wildman–Crippen MR) is 64.3 cm³/mol. The molecular weight excluding hydrogens is 168 g/mol. The molecule has 0 aliphatic heterocycles. The van der Waals surface area contributed by atoms with Crippen LogP contribution in [0.5, 0.6) is 0 Å². The van der Waals surface area contributed by atoms with Crippen LogP contribution in [-0.2, 0) is 0 Å². The number of rotatable bonds is 1. The topological polar surface area (TPSA) is 0 Å². The van der Waals surface area contributed by atoms with Gasteiger partial charge in [0.2, 0.25) is 0 Å². The number of hydrogen-bond acceptors (Lipinski definition) is 0. The second kappa shape index (κ2) is 3.56. The molecule has 0 saturated carbocycles. The smallest absolute Gasteiger partial charge is 0.0104 e. The van der Waals surface area contributed by atoms with E-state index in [-0.39, 0.29) is 0 Å². The minimum absolute atomic E-state index is 0.367. The van der Waals surface area contributed by atoms with Crippen LogP contribution in [0.4, 0.5) is 0 Å². The average Bonchev–Trinajstić information content (AvgIpc) is 2.08. The molecule has 0 nitrogen and oxygen atoms in total. The van der Waals surface area contributed by atoms with Gasteiger partial charge in [-0.15, -0.1) is 0 Å². The Morgan fingerprint density at radius 1 is 1.00 bits per heavy atom. The van der Waals surface area contributed by atoms with E-state index in [4.69, 9.17) is 0 Å². The third-order valence-electron chi connectivity index (χ3n) is 3.86. The van der Waals surface area contributed by atoms with E-state index in [0.717, 1.165) is 0 Å². The van der Waals surface area contributed by atoms with Crippen molar-refractivity contribution in [1.82, 2.24) is 0 Å². The van der Waals surface area contributed by atoms with Crippen LogP contribution in [0, 0.1) is 10.8 Å². The Hall–Kier alpha value is -0.520. The van der Waals surface area contributed by atoms with Gasteiger partial charge >= 0.3 is 0 Å². The van der Waals surface area contributed by atoms with Gasteiger partial charge in [-0.1, -0.05) is 45.4 Å². The van der Waals surface area contributed by atoms with Crippen molar-refractivity contribution in [2.75, 3.05) is 0 Å². The first kappa shape index (κ1) is 11.6. The van der Waals surface area contributed by atoms with E-state index in [1.165, 1.54) is 12.8 Å².